The number of nitrogens with two attached hydrogens (primary N) is 1. The average molecular weight is 429 g/mol. The highest BCUT2D eigenvalue weighted by molar-refractivity contribution is 6.08. The average Bonchev–Trinajstić information content (AvgIpc) is 3.22. The first kappa shape index (κ1) is 20.8. The maximum Gasteiger partial charge on any atom is 0.416 e. The van der Waals surface area contributed by atoms with Crippen molar-refractivity contribution in [3.8, 4) is 5.69 Å². The molecule has 1 aliphatic heterocycles. The van der Waals surface area contributed by atoms with Crippen LogP contribution in [0.4, 0.5) is 30.4 Å². The van der Waals surface area contributed by atoms with Crippen molar-refractivity contribution in [3.05, 3.63) is 66.1 Å². The van der Waals surface area contributed by atoms with Crippen molar-refractivity contribution < 1.29 is 18.0 Å². The number of carbonyl (C=O) groups excluding carboxylic acids is 1. The third kappa shape index (κ3) is 4.65. The van der Waals surface area contributed by atoms with Gasteiger partial charge in [-0.1, -0.05) is 6.07 Å². The molecule has 0 spiro atoms. The summed E-state index contributed by atoms with van der Waals surface area (Å²) in [5, 5.41) is 2.67. The van der Waals surface area contributed by atoms with Crippen LogP contribution in [0.2, 0.25) is 0 Å². The first-order valence-corrected chi connectivity index (χ1v) is 9.99. The number of nitrogens with zero attached hydrogens (tertiary/aromatic N) is 3. The predicted octanol–water partition coefficient (Wildman–Crippen LogP) is 4.72. The number of amides is 1. The number of rotatable bonds is 4. The molecule has 1 fully saturated rings. The molecule has 0 saturated carbocycles. The fourth-order valence-corrected chi connectivity index (χ4v) is 3.64. The molecular weight excluding hydrogens is 407 g/mol. The van der Waals surface area contributed by atoms with Crippen LogP contribution in [0.5, 0.6) is 0 Å². The van der Waals surface area contributed by atoms with E-state index in [2.05, 4.69) is 15.2 Å². The van der Waals surface area contributed by atoms with Gasteiger partial charge in [-0.05, 0) is 55.7 Å². The highest BCUT2D eigenvalue weighted by Gasteiger charge is 2.30. The Bertz CT molecular complexity index is 1090. The second-order valence-electron chi connectivity index (χ2n) is 7.49. The lowest BCUT2D eigenvalue weighted by Gasteiger charge is -2.29. The molecule has 2 aromatic carbocycles. The van der Waals surface area contributed by atoms with E-state index in [1.54, 1.807) is 12.1 Å². The summed E-state index contributed by atoms with van der Waals surface area (Å²) in [4.78, 5) is 19.1. The minimum Gasteiger partial charge on any atom is -0.398 e. The molecule has 31 heavy (non-hydrogen) atoms. The zero-order valence-electron chi connectivity index (χ0n) is 16.7. The number of anilines is 3. The van der Waals surface area contributed by atoms with Crippen LogP contribution in [0.15, 0.2) is 55.0 Å². The highest BCUT2D eigenvalue weighted by Crippen LogP contribution is 2.30. The number of imidazole rings is 1. The van der Waals surface area contributed by atoms with Crippen molar-refractivity contribution in [2.75, 3.05) is 29.0 Å². The summed E-state index contributed by atoms with van der Waals surface area (Å²) < 4.78 is 40.3. The summed E-state index contributed by atoms with van der Waals surface area (Å²) >= 11 is 0. The first-order valence-electron chi connectivity index (χ1n) is 9.99. The van der Waals surface area contributed by atoms with Crippen LogP contribution in [0.3, 0.4) is 0 Å². The SMILES string of the molecule is Nc1ccc(N2CCCCC2)cc1C(=O)Nc1cn(-c2cccc(C(F)(F)F)c2)cn1. The minimum absolute atomic E-state index is 0.213. The van der Waals surface area contributed by atoms with Gasteiger partial charge >= 0.3 is 6.18 Å². The van der Waals surface area contributed by atoms with E-state index in [1.165, 1.54) is 35.6 Å². The van der Waals surface area contributed by atoms with Gasteiger partial charge in [0.1, 0.15) is 6.33 Å². The summed E-state index contributed by atoms with van der Waals surface area (Å²) in [5.41, 5.74) is 7.16. The van der Waals surface area contributed by atoms with Gasteiger partial charge < -0.3 is 20.5 Å². The number of piperidine rings is 1. The van der Waals surface area contributed by atoms with Crippen LogP contribution < -0.4 is 16.0 Å². The van der Waals surface area contributed by atoms with E-state index in [9.17, 15) is 18.0 Å². The highest BCUT2D eigenvalue weighted by atomic mass is 19.4. The number of carbonyl (C=O) groups is 1. The lowest BCUT2D eigenvalue weighted by Crippen LogP contribution is -2.29. The number of aromatic nitrogens is 2. The Kier molecular flexibility index (Phi) is 5.58. The van der Waals surface area contributed by atoms with Gasteiger partial charge in [0.05, 0.1) is 17.3 Å². The van der Waals surface area contributed by atoms with Gasteiger partial charge in [-0.3, -0.25) is 4.79 Å². The summed E-state index contributed by atoms with van der Waals surface area (Å²) in [7, 11) is 0. The smallest absolute Gasteiger partial charge is 0.398 e. The van der Waals surface area contributed by atoms with E-state index in [0.29, 0.717) is 11.3 Å². The quantitative estimate of drug-likeness (QED) is 0.589. The first-order chi connectivity index (χ1) is 14.8. The molecular formula is C22H22F3N5O. The Morgan fingerprint density at radius 1 is 1.03 bits per heavy atom. The Morgan fingerprint density at radius 2 is 1.81 bits per heavy atom. The Labute approximate surface area is 177 Å². The van der Waals surface area contributed by atoms with E-state index < -0.39 is 17.6 Å². The monoisotopic (exact) mass is 429 g/mol. The number of hydrogen-bond acceptors (Lipinski definition) is 4. The molecule has 2 heterocycles. The van der Waals surface area contributed by atoms with Crippen LogP contribution in [-0.2, 0) is 6.18 Å². The van der Waals surface area contributed by atoms with E-state index in [1.807, 2.05) is 6.07 Å². The summed E-state index contributed by atoms with van der Waals surface area (Å²) in [5.74, 6) is -0.212. The lowest BCUT2D eigenvalue weighted by atomic mass is 10.1. The fraction of sp³-hybridized carbons (Fsp3) is 0.273. The Hall–Kier alpha value is -3.49. The number of alkyl halides is 3. The van der Waals surface area contributed by atoms with Crippen molar-refractivity contribution in [2.24, 2.45) is 0 Å². The fourth-order valence-electron chi connectivity index (χ4n) is 3.64. The van der Waals surface area contributed by atoms with Gasteiger partial charge in [0.2, 0.25) is 0 Å². The molecule has 3 aromatic rings. The number of halogens is 3. The molecule has 6 nitrogen and oxygen atoms in total. The molecule has 1 amide bonds. The van der Waals surface area contributed by atoms with Crippen molar-refractivity contribution >= 4 is 23.1 Å². The molecule has 9 heteroatoms. The van der Waals surface area contributed by atoms with Gasteiger partial charge in [0.15, 0.2) is 5.82 Å². The molecule has 3 N–H and O–H groups in total. The number of hydrogen-bond donors (Lipinski definition) is 2. The van der Waals surface area contributed by atoms with Gasteiger partial charge in [-0.2, -0.15) is 13.2 Å². The number of nitrogen functional groups attached to an aromatic ring is 1. The molecule has 1 aromatic heterocycles. The molecule has 0 bridgehead atoms. The number of nitrogens with one attached hydrogen (secondary N) is 1. The van der Waals surface area contributed by atoms with Crippen molar-refractivity contribution in [3.63, 3.8) is 0 Å². The standard InChI is InChI=1S/C22H22F3N5O/c23-22(24,25)15-5-4-6-16(11-15)30-13-20(27-14-30)28-21(31)18-12-17(7-8-19(18)26)29-9-2-1-3-10-29/h4-8,11-14H,1-3,9-10,26H2,(H,28,31). The molecule has 162 valence electrons. The molecule has 0 atom stereocenters. The number of benzene rings is 2. The van der Waals surface area contributed by atoms with Crippen molar-refractivity contribution in [1.82, 2.24) is 9.55 Å². The van der Waals surface area contributed by atoms with Gasteiger partial charge in [0.25, 0.3) is 5.91 Å². The van der Waals surface area contributed by atoms with Crippen LogP contribution in [0.1, 0.15) is 35.2 Å². The Morgan fingerprint density at radius 3 is 2.55 bits per heavy atom. The molecule has 0 unspecified atom stereocenters. The minimum atomic E-state index is -4.44. The zero-order chi connectivity index (χ0) is 22.0. The molecule has 4 rings (SSSR count). The van der Waals surface area contributed by atoms with Crippen LogP contribution >= 0.6 is 0 Å². The molecule has 1 saturated heterocycles. The molecule has 0 radical (unpaired) electrons. The summed E-state index contributed by atoms with van der Waals surface area (Å²) in [6, 6.07) is 10.3. The Balaban J connectivity index is 1.52. The van der Waals surface area contributed by atoms with E-state index in [0.717, 1.165) is 43.8 Å². The second kappa shape index (κ2) is 8.33. The third-order valence-electron chi connectivity index (χ3n) is 5.30. The van der Waals surface area contributed by atoms with Gasteiger partial charge in [-0.15, -0.1) is 0 Å². The molecule has 0 aliphatic carbocycles. The van der Waals surface area contributed by atoms with Crippen molar-refractivity contribution in [2.45, 2.75) is 25.4 Å². The maximum absolute atomic E-state index is 13.0. The summed E-state index contributed by atoms with van der Waals surface area (Å²) in [6.45, 7) is 1.87. The normalized spacial score (nSPS) is 14.5. The van der Waals surface area contributed by atoms with Crippen LogP contribution in [-0.4, -0.2) is 28.5 Å². The summed E-state index contributed by atoms with van der Waals surface area (Å²) in [6.07, 6.45) is 1.78. The van der Waals surface area contributed by atoms with Crippen LogP contribution in [0.25, 0.3) is 5.69 Å². The lowest BCUT2D eigenvalue weighted by molar-refractivity contribution is -0.137. The van der Waals surface area contributed by atoms with Gasteiger partial charge in [0, 0.05) is 30.2 Å². The topological polar surface area (TPSA) is 76.2 Å². The largest absolute Gasteiger partial charge is 0.416 e. The van der Waals surface area contributed by atoms with E-state index in [4.69, 9.17) is 5.73 Å². The van der Waals surface area contributed by atoms with E-state index >= 15 is 0 Å². The van der Waals surface area contributed by atoms with Crippen LogP contribution in [0, 0.1) is 0 Å². The van der Waals surface area contributed by atoms with E-state index in [-0.39, 0.29) is 11.5 Å². The molecule has 1 aliphatic rings. The van der Waals surface area contributed by atoms with Gasteiger partial charge in [-0.25, -0.2) is 4.98 Å². The second-order valence-corrected chi connectivity index (χ2v) is 7.49. The third-order valence-corrected chi connectivity index (χ3v) is 5.30. The maximum atomic E-state index is 13.0. The zero-order valence-corrected chi connectivity index (χ0v) is 16.7. The predicted molar refractivity (Wildman–Crippen MR) is 113 cm³/mol. The van der Waals surface area contributed by atoms with Crippen molar-refractivity contribution in [1.29, 1.82) is 0 Å².